The van der Waals surface area contributed by atoms with Crippen molar-refractivity contribution in [2.75, 3.05) is 0 Å². The molecule has 1 aromatic carbocycles. The molecule has 7 heteroatoms. The van der Waals surface area contributed by atoms with E-state index in [-0.39, 0.29) is 29.9 Å². The summed E-state index contributed by atoms with van der Waals surface area (Å²) in [5, 5.41) is 0. The van der Waals surface area contributed by atoms with E-state index in [1.54, 1.807) is 6.07 Å². The van der Waals surface area contributed by atoms with Crippen LogP contribution in [0.25, 0.3) is 0 Å². The van der Waals surface area contributed by atoms with Crippen LogP contribution >= 0.6 is 0 Å². The number of carbonyl (C=O) groups is 1. The molecule has 1 unspecified atom stereocenters. The lowest BCUT2D eigenvalue weighted by molar-refractivity contribution is -0.166. The summed E-state index contributed by atoms with van der Waals surface area (Å²) in [5.74, 6) is -0.211. The van der Waals surface area contributed by atoms with Gasteiger partial charge >= 0.3 is 5.97 Å². The molecule has 2 atom stereocenters. The smallest absolute Gasteiger partial charge is 0.309 e. The normalized spacial score (nSPS) is 22.1. The molecule has 5 nitrogen and oxygen atoms in total. The number of halogens is 1. The Morgan fingerprint density at radius 2 is 1.82 bits per heavy atom. The number of ether oxygens (including phenoxy) is 2. The molecular formula is C21H32FNO4S. The van der Waals surface area contributed by atoms with Crippen LogP contribution in [0.4, 0.5) is 4.39 Å². The fourth-order valence-electron chi connectivity index (χ4n) is 2.78. The number of hydrogen-bond donors (Lipinski definition) is 1. The molecule has 1 aliphatic carbocycles. The Morgan fingerprint density at radius 1 is 1.21 bits per heavy atom. The summed E-state index contributed by atoms with van der Waals surface area (Å²) in [5.41, 5.74) is 0.107. The van der Waals surface area contributed by atoms with Gasteiger partial charge in [-0.3, -0.25) is 4.79 Å². The Kier molecular flexibility index (Phi) is 6.92. The van der Waals surface area contributed by atoms with Crippen molar-refractivity contribution in [2.24, 2.45) is 5.92 Å². The molecule has 28 heavy (non-hydrogen) atoms. The average molecular weight is 414 g/mol. The van der Waals surface area contributed by atoms with E-state index in [1.165, 1.54) is 12.1 Å². The summed E-state index contributed by atoms with van der Waals surface area (Å²) < 4.78 is 40.2. The molecule has 0 saturated heterocycles. The van der Waals surface area contributed by atoms with Gasteiger partial charge in [-0.2, -0.15) is 0 Å². The highest BCUT2D eigenvalue weighted by Gasteiger charge is 2.39. The third-order valence-corrected chi connectivity index (χ3v) is 6.09. The standard InChI is InChI=1S/C21H32FNO4S/c1-13(23-28(25)21(5,6)7)17-12-15(22)8-9-18(17)26-16-10-14(11-16)19(24)27-20(2,3)4/h8-9,12-14,16,23H,10-11H2,1-7H3/t13-,14?,16?,28?/m1/s1. The first-order chi connectivity index (χ1) is 12.8. The molecule has 0 spiro atoms. The van der Waals surface area contributed by atoms with Crippen molar-refractivity contribution >= 4 is 17.0 Å². The van der Waals surface area contributed by atoms with E-state index in [9.17, 15) is 13.4 Å². The SMILES string of the molecule is C[C@@H](NS(=O)C(C)(C)C)c1cc(F)ccc1OC1CC(C(=O)OC(C)(C)C)C1. The predicted molar refractivity (Wildman–Crippen MR) is 109 cm³/mol. The van der Waals surface area contributed by atoms with Gasteiger partial charge < -0.3 is 9.47 Å². The maximum Gasteiger partial charge on any atom is 0.309 e. The lowest BCUT2D eigenvalue weighted by Crippen LogP contribution is -2.41. The second-order valence-electron chi connectivity index (χ2n) is 9.34. The van der Waals surface area contributed by atoms with Crippen LogP contribution in [0.5, 0.6) is 5.75 Å². The first kappa shape index (κ1) is 22.8. The highest BCUT2D eigenvalue weighted by atomic mass is 32.2. The second kappa shape index (κ2) is 8.49. The molecule has 0 aromatic heterocycles. The topological polar surface area (TPSA) is 64.6 Å². The molecule has 0 radical (unpaired) electrons. The van der Waals surface area contributed by atoms with Crippen LogP contribution in [-0.2, 0) is 20.5 Å². The van der Waals surface area contributed by atoms with Crippen molar-refractivity contribution < 1.29 is 22.9 Å². The highest BCUT2D eigenvalue weighted by Crippen LogP contribution is 2.36. The van der Waals surface area contributed by atoms with Crippen molar-refractivity contribution in [3.8, 4) is 5.75 Å². The van der Waals surface area contributed by atoms with Crippen molar-refractivity contribution in [3.63, 3.8) is 0 Å². The summed E-state index contributed by atoms with van der Waals surface area (Å²) in [7, 11) is -1.29. The number of rotatable bonds is 6. The number of nitrogens with one attached hydrogen (secondary N) is 1. The third kappa shape index (κ3) is 6.27. The second-order valence-corrected chi connectivity index (χ2v) is 11.3. The van der Waals surface area contributed by atoms with Crippen LogP contribution in [0.15, 0.2) is 18.2 Å². The number of carbonyl (C=O) groups excluding carboxylic acids is 1. The highest BCUT2D eigenvalue weighted by molar-refractivity contribution is 7.84. The molecule has 1 saturated carbocycles. The largest absolute Gasteiger partial charge is 0.490 e. The minimum absolute atomic E-state index is 0.123. The maximum atomic E-state index is 13.8. The zero-order valence-corrected chi connectivity index (χ0v) is 18.6. The monoisotopic (exact) mass is 413 g/mol. The van der Waals surface area contributed by atoms with Gasteiger partial charge in [0.2, 0.25) is 0 Å². The number of benzene rings is 1. The van der Waals surface area contributed by atoms with Crippen molar-refractivity contribution in [2.45, 2.75) is 83.8 Å². The van der Waals surface area contributed by atoms with E-state index in [0.29, 0.717) is 24.2 Å². The summed E-state index contributed by atoms with van der Waals surface area (Å²) in [6.45, 7) is 13.0. The molecule has 1 fully saturated rings. The van der Waals surface area contributed by atoms with Gasteiger partial charge in [-0.25, -0.2) is 13.3 Å². The van der Waals surface area contributed by atoms with Crippen LogP contribution in [-0.4, -0.2) is 26.6 Å². The van der Waals surface area contributed by atoms with E-state index in [0.717, 1.165) is 0 Å². The minimum Gasteiger partial charge on any atom is -0.490 e. The molecule has 0 aliphatic heterocycles. The Hall–Kier alpha value is -1.47. The minimum atomic E-state index is -1.29. The van der Waals surface area contributed by atoms with Crippen LogP contribution in [0.3, 0.4) is 0 Å². The van der Waals surface area contributed by atoms with Crippen molar-refractivity contribution in [1.29, 1.82) is 0 Å². The van der Waals surface area contributed by atoms with Gasteiger partial charge in [-0.1, -0.05) is 0 Å². The first-order valence-electron chi connectivity index (χ1n) is 9.63. The summed E-state index contributed by atoms with van der Waals surface area (Å²) in [4.78, 5) is 12.1. The van der Waals surface area contributed by atoms with E-state index < -0.39 is 21.3 Å². The molecule has 0 amide bonds. The summed E-state index contributed by atoms with van der Waals surface area (Å²) >= 11 is 0. The fraction of sp³-hybridized carbons (Fsp3) is 0.667. The van der Waals surface area contributed by atoms with Crippen LogP contribution in [0.1, 0.15) is 72.9 Å². The molecule has 0 heterocycles. The Labute approximate surface area is 170 Å². The average Bonchev–Trinajstić information content (AvgIpc) is 2.48. The van der Waals surface area contributed by atoms with Gasteiger partial charge in [-0.05, 0) is 79.5 Å². The predicted octanol–water partition coefficient (Wildman–Crippen LogP) is 4.44. The van der Waals surface area contributed by atoms with Gasteiger partial charge in [0, 0.05) is 11.6 Å². The van der Waals surface area contributed by atoms with E-state index >= 15 is 0 Å². The Morgan fingerprint density at radius 3 is 2.36 bits per heavy atom. The van der Waals surface area contributed by atoms with Crippen molar-refractivity contribution in [1.82, 2.24) is 4.72 Å². The first-order valence-corrected chi connectivity index (χ1v) is 10.8. The number of esters is 1. The lowest BCUT2D eigenvalue weighted by atomic mass is 9.82. The van der Waals surface area contributed by atoms with Crippen LogP contribution in [0.2, 0.25) is 0 Å². The Bertz CT molecular complexity index is 733. The van der Waals surface area contributed by atoms with Crippen molar-refractivity contribution in [3.05, 3.63) is 29.6 Å². The van der Waals surface area contributed by atoms with E-state index in [4.69, 9.17) is 9.47 Å². The molecule has 1 aliphatic rings. The summed E-state index contributed by atoms with van der Waals surface area (Å²) in [6.07, 6.45) is 1.02. The molecular weight excluding hydrogens is 381 g/mol. The van der Waals surface area contributed by atoms with E-state index in [1.807, 2.05) is 48.5 Å². The zero-order valence-electron chi connectivity index (χ0n) is 17.8. The zero-order chi connectivity index (χ0) is 21.3. The molecule has 0 bridgehead atoms. The maximum absolute atomic E-state index is 13.8. The summed E-state index contributed by atoms with van der Waals surface area (Å²) in [6, 6.07) is 3.98. The van der Waals surface area contributed by atoms with Gasteiger partial charge in [0.15, 0.2) is 0 Å². The third-order valence-electron chi connectivity index (χ3n) is 4.41. The van der Waals surface area contributed by atoms with Gasteiger partial charge in [0.05, 0.1) is 21.7 Å². The van der Waals surface area contributed by atoms with Gasteiger partial charge in [-0.15, -0.1) is 0 Å². The number of hydrogen-bond acceptors (Lipinski definition) is 4. The van der Waals surface area contributed by atoms with Gasteiger partial charge in [0.1, 0.15) is 23.3 Å². The molecule has 2 rings (SSSR count). The van der Waals surface area contributed by atoms with E-state index in [2.05, 4.69) is 4.72 Å². The molecule has 158 valence electrons. The molecule has 1 aromatic rings. The van der Waals surface area contributed by atoms with Crippen LogP contribution in [0, 0.1) is 11.7 Å². The fourth-order valence-corrected chi connectivity index (χ4v) is 3.59. The quantitative estimate of drug-likeness (QED) is 0.701. The van der Waals surface area contributed by atoms with Crippen LogP contribution < -0.4 is 9.46 Å². The lowest BCUT2D eigenvalue weighted by Gasteiger charge is -2.36. The van der Waals surface area contributed by atoms with Gasteiger partial charge in [0.25, 0.3) is 0 Å². The Balaban J connectivity index is 2.02. The molecule has 1 N–H and O–H groups in total.